The van der Waals surface area contributed by atoms with Gasteiger partial charge >= 0.3 is 0 Å². The van der Waals surface area contributed by atoms with Crippen molar-refractivity contribution in [3.05, 3.63) is 46.6 Å². The Morgan fingerprint density at radius 2 is 1.95 bits per heavy atom. The molecule has 1 aromatic heterocycles. The van der Waals surface area contributed by atoms with Crippen molar-refractivity contribution in [2.75, 3.05) is 23.8 Å². The third kappa shape index (κ3) is 3.64. The summed E-state index contributed by atoms with van der Waals surface area (Å²) in [6.07, 6.45) is 1.85. The zero-order chi connectivity index (χ0) is 15.4. The Bertz CT molecular complexity index is 598. The Hall–Kier alpha value is -1.81. The van der Waals surface area contributed by atoms with Gasteiger partial charge in [-0.05, 0) is 38.5 Å². The van der Waals surface area contributed by atoms with E-state index < -0.39 is 0 Å². The summed E-state index contributed by atoms with van der Waals surface area (Å²) in [4.78, 5) is 11.0. The van der Waals surface area contributed by atoms with Crippen LogP contribution in [0.4, 0.5) is 11.8 Å². The summed E-state index contributed by atoms with van der Waals surface area (Å²) in [5, 5.41) is 3.90. The van der Waals surface area contributed by atoms with E-state index in [-0.39, 0.29) is 6.04 Å². The van der Waals surface area contributed by atoms with E-state index in [1.54, 1.807) is 0 Å². The van der Waals surface area contributed by atoms with E-state index in [9.17, 15) is 0 Å². The minimum absolute atomic E-state index is 0.199. The van der Waals surface area contributed by atoms with Crippen LogP contribution in [0, 0.1) is 6.92 Å². The van der Waals surface area contributed by atoms with Crippen molar-refractivity contribution >= 4 is 23.4 Å². The zero-order valence-electron chi connectivity index (χ0n) is 12.9. The number of halogens is 1. The first-order valence-corrected chi connectivity index (χ1v) is 7.46. The molecule has 0 saturated carbocycles. The predicted molar refractivity (Wildman–Crippen MR) is 89.2 cm³/mol. The van der Waals surface area contributed by atoms with Crippen molar-refractivity contribution < 1.29 is 0 Å². The average Bonchev–Trinajstić information content (AvgIpc) is 2.49. The lowest BCUT2D eigenvalue weighted by Gasteiger charge is -2.28. The largest absolute Gasteiger partial charge is 0.354 e. The van der Waals surface area contributed by atoms with Gasteiger partial charge in [0.25, 0.3) is 0 Å². The molecule has 21 heavy (non-hydrogen) atoms. The molecule has 0 fully saturated rings. The van der Waals surface area contributed by atoms with Gasteiger partial charge in [-0.3, -0.25) is 0 Å². The first kappa shape index (κ1) is 15.6. The molecule has 1 atom stereocenters. The molecule has 1 N–H and O–H groups in total. The Balaban J connectivity index is 2.27. The van der Waals surface area contributed by atoms with Crippen LogP contribution in [0.2, 0.25) is 5.02 Å². The molecule has 1 unspecified atom stereocenters. The molecule has 0 radical (unpaired) electrons. The molecule has 0 saturated heterocycles. The normalized spacial score (nSPS) is 12.0. The number of benzene rings is 1. The van der Waals surface area contributed by atoms with Crippen LogP contribution in [0.5, 0.6) is 0 Å². The Labute approximate surface area is 131 Å². The van der Waals surface area contributed by atoms with Crippen molar-refractivity contribution in [2.45, 2.75) is 26.8 Å². The highest BCUT2D eigenvalue weighted by Gasteiger charge is 2.16. The molecule has 0 aliphatic carbocycles. The number of anilines is 2. The number of nitrogens with one attached hydrogen (secondary N) is 1. The smallest absolute Gasteiger partial charge is 0.224 e. The van der Waals surface area contributed by atoms with Crippen molar-refractivity contribution in [1.82, 2.24) is 9.97 Å². The van der Waals surface area contributed by atoms with Gasteiger partial charge < -0.3 is 10.2 Å². The van der Waals surface area contributed by atoms with Crippen LogP contribution in [0.3, 0.4) is 0 Å². The molecule has 0 aliphatic rings. The minimum atomic E-state index is 0.199. The number of hydrogen-bond donors (Lipinski definition) is 1. The maximum atomic E-state index is 5.95. The molecule has 0 bridgehead atoms. The topological polar surface area (TPSA) is 41.1 Å². The number of aryl methyl sites for hydroxylation is 1. The third-order valence-electron chi connectivity index (χ3n) is 3.55. The first-order chi connectivity index (χ1) is 10.0. The Morgan fingerprint density at radius 1 is 1.29 bits per heavy atom. The van der Waals surface area contributed by atoms with E-state index in [0.717, 1.165) is 22.9 Å². The van der Waals surface area contributed by atoms with Gasteiger partial charge in [0.05, 0.1) is 6.04 Å². The van der Waals surface area contributed by atoms with Gasteiger partial charge in [-0.15, -0.1) is 0 Å². The quantitative estimate of drug-likeness (QED) is 0.904. The van der Waals surface area contributed by atoms with Crippen molar-refractivity contribution in [2.24, 2.45) is 0 Å². The lowest BCUT2D eigenvalue weighted by molar-refractivity contribution is 0.724. The molecule has 0 amide bonds. The number of rotatable bonds is 5. The molecule has 112 valence electrons. The van der Waals surface area contributed by atoms with Gasteiger partial charge in [-0.25, -0.2) is 4.98 Å². The summed E-state index contributed by atoms with van der Waals surface area (Å²) >= 11 is 5.95. The maximum Gasteiger partial charge on any atom is 0.224 e. The lowest BCUT2D eigenvalue weighted by Crippen LogP contribution is -2.24. The van der Waals surface area contributed by atoms with Crippen molar-refractivity contribution in [1.29, 1.82) is 0 Å². The number of aromatic nitrogens is 2. The second kappa shape index (κ2) is 6.76. The summed E-state index contributed by atoms with van der Waals surface area (Å²) in [5.41, 5.74) is 2.25. The average molecular weight is 305 g/mol. The highest BCUT2D eigenvalue weighted by molar-refractivity contribution is 6.30. The van der Waals surface area contributed by atoms with Crippen LogP contribution < -0.4 is 10.2 Å². The molecule has 2 rings (SSSR count). The van der Waals surface area contributed by atoms with Gasteiger partial charge in [0.15, 0.2) is 0 Å². The standard InChI is InChI=1S/C16H21ClN4/c1-5-18-16-19-10-11(2)15(20-16)21(4)12(3)13-6-8-14(17)9-7-13/h6-10,12H,5H2,1-4H3,(H,18,19,20). The molecule has 1 heterocycles. The number of nitrogens with zero attached hydrogens (tertiary/aromatic N) is 3. The first-order valence-electron chi connectivity index (χ1n) is 7.08. The van der Waals surface area contributed by atoms with Gasteiger partial charge in [-0.2, -0.15) is 4.98 Å². The van der Waals surface area contributed by atoms with Crippen LogP contribution in [0.15, 0.2) is 30.5 Å². The molecule has 4 nitrogen and oxygen atoms in total. The van der Waals surface area contributed by atoms with E-state index in [1.807, 2.05) is 51.4 Å². The van der Waals surface area contributed by atoms with Gasteiger partial charge in [-0.1, -0.05) is 23.7 Å². The molecule has 0 spiro atoms. The van der Waals surface area contributed by atoms with Gasteiger partial charge in [0.2, 0.25) is 5.95 Å². The summed E-state index contributed by atoms with van der Waals surface area (Å²) < 4.78 is 0. The molecule has 2 aromatic rings. The predicted octanol–water partition coefficient (Wildman–Crippen LogP) is 4.07. The zero-order valence-corrected chi connectivity index (χ0v) is 13.6. The van der Waals surface area contributed by atoms with Crippen molar-refractivity contribution in [3.8, 4) is 0 Å². The highest BCUT2D eigenvalue weighted by Crippen LogP contribution is 2.27. The van der Waals surface area contributed by atoms with Crippen LogP contribution in [0.1, 0.15) is 31.0 Å². The maximum absolute atomic E-state index is 5.95. The van der Waals surface area contributed by atoms with Crippen LogP contribution in [-0.2, 0) is 0 Å². The molecule has 0 aliphatic heterocycles. The van der Waals surface area contributed by atoms with Crippen molar-refractivity contribution in [3.63, 3.8) is 0 Å². The summed E-state index contributed by atoms with van der Waals surface area (Å²) in [7, 11) is 2.05. The summed E-state index contributed by atoms with van der Waals surface area (Å²) in [6, 6.07) is 8.12. The Kier molecular flexibility index (Phi) is 5.02. The second-order valence-corrected chi connectivity index (χ2v) is 5.51. The number of hydrogen-bond acceptors (Lipinski definition) is 4. The summed E-state index contributed by atoms with van der Waals surface area (Å²) in [6.45, 7) is 7.01. The highest BCUT2D eigenvalue weighted by atomic mass is 35.5. The summed E-state index contributed by atoms with van der Waals surface area (Å²) in [5.74, 6) is 1.59. The lowest BCUT2D eigenvalue weighted by atomic mass is 10.1. The van der Waals surface area contributed by atoms with E-state index in [4.69, 9.17) is 11.6 Å². The van der Waals surface area contributed by atoms with Crippen LogP contribution in [0.25, 0.3) is 0 Å². The van der Waals surface area contributed by atoms with E-state index in [2.05, 4.69) is 27.1 Å². The van der Waals surface area contributed by atoms with Gasteiger partial charge in [0, 0.05) is 30.4 Å². The molecule has 1 aromatic carbocycles. The Morgan fingerprint density at radius 3 is 2.57 bits per heavy atom. The SMILES string of the molecule is CCNc1ncc(C)c(N(C)C(C)c2ccc(Cl)cc2)n1. The third-order valence-corrected chi connectivity index (χ3v) is 3.80. The van der Waals surface area contributed by atoms with E-state index >= 15 is 0 Å². The molecular weight excluding hydrogens is 284 g/mol. The fourth-order valence-corrected chi connectivity index (χ4v) is 2.31. The van der Waals surface area contributed by atoms with Crippen LogP contribution in [-0.4, -0.2) is 23.6 Å². The van der Waals surface area contributed by atoms with Crippen LogP contribution >= 0.6 is 11.6 Å². The fourth-order valence-electron chi connectivity index (χ4n) is 2.18. The minimum Gasteiger partial charge on any atom is -0.354 e. The molecular formula is C16H21ClN4. The second-order valence-electron chi connectivity index (χ2n) is 5.07. The van der Waals surface area contributed by atoms with E-state index in [1.165, 1.54) is 5.56 Å². The van der Waals surface area contributed by atoms with E-state index in [0.29, 0.717) is 5.95 Å². The van der Waals surface area contributed by atoms with Gasteiger partial charge in [0.1, 0.15) is 5.82 Å². The monoisotopic (exact) mass is 304 g/mol. The fraction of sp³-hybridized carbons (Fsp3) is 0.375. The molecule has 5 heteroatoms.